The zero-order chi connectivity index (χ0) is 13.2. The van der Waals surface area contributed by atoms with Crippen LogP contribution in [0.25, 0.3) is 0 Å². The highest BCUT2D eigenvalue weighted by atomic mass is 32.1. The molecule has 0 saturated carbocycles. The van der Waals surface area contributed by atoms with Crippen LogP contribution >= 0.6 is 11.3 Å². The third kappa shape index (κ3) is 2.52. The minimum absolute atomic E-state index is 0.181. The van der Waals surface area contributed by atoms with Gasteiger partial charge in [-0.25, -0.2) is 0 Å². The van der Waals surface area contributed by atoms with Gasteiger partial charge in [-0.2, -0.15) is 0 Å². The van der Waals surface area contributed by atoms with Crippen molar-refractivity contribution in [2.75, 3.05) is 13.1 Å². The van der Waals surface area contributed by atoms with Crippen molar-refractivity contribution in [1.82, 2.24) is 4.90 Å². The molecule has 3 N–H and O–H groups in total. The first-order chi connectivity index (χ1) is 9.28. The van der Waals surface area contributed by atoms with Crippen LogP contribution in [0.15, 0.2) is 35.7 Å². The maximum atomic E-state index is 9.62. The van der Waals surface area contributed by atoms with E-state index in [1.807, 2.05) is 29.5 Å². The predicted octanol–water partition coefficient (Wildman–Crippen LogP) is 2.51. The molecule has 3 rings (SSSR count). The summed E-state index contributed by atoms with van der Waals surface area (Å²) in [5.74, 6) is 0.309. The first kappa shape index (κ1) is 12.7. The van der Waals surface area contributed by atoms with E-state index < -0.39 is 0 Å². The highest BCUT2D eigenvalue weighted by Gasteiger charge is 2.24. The first-order valence-corrected chi connectivity index (χ1v) is 7.44. The largest absolute Gasteiger partial charge is 0.508 e. The van der Waals surface area contributed by atoms with Crippen molar-refractivity contribution in [2.45, 2.75) is 19.0 Å². The number of benzene rings is 1. The Hall–Kier alpha value is -1.36. The minimum atomic E-state index is 0.181. The molecule has 1 aromatic carbocycles. The number of fused-ring (bicyclic) bond motifs is 1. The van der Waals surface area contributed by atoms with E-state index in [9.17, 15) is 5.11 Å². The molecule has 0 bridgehead atoms. The lowest BCUT2D eigenvalue weighted by molar-refractivity contribution is 0.185. The Morgan fingerprint density at radius 3 is 3.05 bits per heavy atom. The number of rotatable bonds is 3. The van der Waals surface area contributed by atoms with E-state index in [4.69, 9.17) is 5.73 Å². The molecule has 4 heteroatoms. The number of hydrogen-bond acceptors (Lipinski definition) is 4. The van der Waals surface area contributed by atoms with Gasteiger partial charge in [0.05, 0.1) is 0 Å². The molecule has 1 aliphatic rings. The van der Waals surface area contributed by atoms with Gasteiger partial charge in [-0.15, -0.1) is 11.3 Å². The molecule has 1 atom stereocenters. The molecule has 0 amide bonds. The molecule has 1 aliphatic heterocycles. The summed E-state index contributed by atoms with van der Waals surface area (Å²) in [5, 5.41) is 11.8. The van der Waals surface area contributed by atoms with Gasteiger partial charge < -0.3 is 10.8 Å². The normalized spacial score (nSPS) is 17.1. The van der Waals surface area contributed by atoms with Crippen LogP contribution in [0.4, 0.5) is 0 Å². The topological polar surface area (TPSA) is 49.5 Å². The quantitative estimate of drug-likeness (QED) is 0.904. The van der Waals surface area contributed by atoms with Crippen molar-refractivity contribution in [3.05, 3.63) is 51.7 Å². The lowest BCUT2D eigenvalue weighted by atomic mass is 10.0. The van der Waals surface area contributed by atoms with Gasteiger partial charge in [0.25, 0.3) is 0 Å². The predicted molar refractivity (Wildman–Crippen MR) is 78.3 cm³/mol. The molecule has 0 saturated heterocycles. The van der Waals surface area contributed by atoms with Crippen LogP contribution < -0.4 is 5.73 Å². The first-order valence-electron chi connectivity index (χ1n) is 6.56. The summed E-state index contributed by atoms with van der Waals surface area (Å²) in [6.07, 6.45) is 1.10. The van der Waals surface area contributed by atoms with E-state index >= 15 is 0 Å². The summed E-state index contributed by atoms with van der Waals surface area (Å²) < 4.78 is 0. The fourth-order valence-corrected chi connectivity index (χ4v) is 3.65. The Balaban J connectivity index is 1.84. The molecule has 3 nitrogen and oxygen atoms in total. The Kier molecular flexibility index (Phi) is 3.55. The fraction of sp³-hybridized carbons (Fsp3) is 0.333. The summed E-state index contributed by atoms with van der Waals surface area (Å²) in [4.78, 5) is 3.91. The highest BCUT2D eigenvalue weighted by Crippen LogP contribution is 2.30. The third-order valence-corrected chi connectivity index (χ3v) is 4.78. The zero-order valence-electron chi connectivity index (χ0n) is 10.7. The number of nitrogens with two attached hydrogens (primary N) is 1. The van der Waals surface area contributed by atoms with Crippen LogP contribution in [0.3, 0.4) is 0 Å². The number of nitrogens with zero attached hydrogens (tertiary/aromatic N) is 1. The lowest BCUT2D eigenvalue weighted by Crippen LogP contribution is -2.37. The van der Waals surface area contributed by atoms with Gasteiger partial charge in [0, 0.05) is 30.6 Å². The Morgan fingerprint density at radius 2 is 2.26 bits per heavy atom. The van der Waals surface area contributed by atoms with Crippen LogP contribution in [0.1, 0.15) is 22.0 Å². The molecule has 2 aromatic rings. The van der Waals surface area contributed by atoms with Crippen LogP contribution in [0, 0.1) is 0 Å². The van der Waals surface area contributed by atoms with E-state index in [0.717, 1.165) is 25.1 Å². The molecule has 2 heterocycles. The number of hydrogen-bond donors (Lipinski definition) is 2. The highest BCUT2D eigenvalue weighted by molar-refractivity contribution is 7.10. The second kappa shape index (κ2) is 5.33. The number of aromatic hydroxyl groups is 1. The number of thiophene rings is 1. The molecule has 19 heavy (non-hydrogen) atoms. The Bertz CT molecular complexity index is 567. The average molecular weight is 274 g/mol. The Labute approximate surface area is 117 Å². The second-order valence-electron chi connectivity index (χ2n) is 4.94. The monoisotopic (exact) mass is 274 g/mol. The van der Waals surface area contributed by atoms with Crippen molar-refractivity contribution < 1.29 is 5.11 Å². The van der Waals surface area contributed by atoms with Gasteiger partial charge in [0.15, 0.2) is 0 Å². The summed E-state index contributed by atoms with van der Waals surface area (Å²) >= 11 is 1.85. The smallest absolute Gasteiger partial charge is 0.115 e. The molecule has 0 fully saturated rings. The molecule has 100 valence electrons. The standard InChI is InChI=1S/C15H18N2OS/c16-9-14(11-2-1-3-13(18)8-11)17-6-4-15-12(10-17)5-7-19-15/h1-3,5,7-8,14,18H,4,6,9-10,16H2. The van der Waals surface area contributed by atoms with E-state index in [1.165, 1.54) is 10.4 Å². The van der Waals surface area contributed by atoms with Crippen LogP contribution in [0.5, 0.6) is 5.75 Å². The summed E-state index contributed by atoms with van der Waals surface area (Å²) in [7, 11) is 0. The van der Waals surface area contributed by atoms with Gasteiger partial charge in [-0.3, -0.25) is 4.90 Å². The van der Waals surface area contributed by atoms with E-state index in [2.05, 4.69) is 16.3 Å². The maximum Gasteiger partial charge on any atom is 0.115 e. The SMILES string of the molecule is NCC(c1cccc(O)c1)N1CCc2sccc2C1. The molecular weight excluding hydrogens is 256 g/mol. The summed E-state index contributed by atoms with van der Waals surface area (Å²) in [6, 6.07) is 9.83. The van der Waals surface area contributed by atoms with Crippen molar-refractivity contribution in [1.29, 1.82) is 0 Å². The molecular formula is C15H18N2OS. The second-order valence-corrected chi connectivity index (χ2v) is 5.94. The van der Waals surface area contributed by atoms with Crippen LogP contribution in [-0.2, 0) is 13.0 Å². The number of phenols is 1. The van der Waals surface area contributed by atoms with E-state index in [1.54, 1.807) is 6.07 Å². The van der Waals surface area contributed by atoms with Gasteiger partial charge >= 0.3 is 0 Å². The molecule has 0 aliphatic carbocycles. The summed E-state index contributed by atoms with van der Waals surface area (Å²) in [6.45, 7) is 2.56. The average Bonchev–Trinajstić information content (AvgIpc) is 2.87. The van der Waals surface area contributed by atoms with Crippen LogP contribution in [0.2, 0.25) is 0 Å². The third-order valence-electron chi connectivity index (χ3n) is 3.76. The molecule has 1 unspecified atom stereocenters. The fourth-order valence-electron chi connectivity index (χ4n) is 2.76. The Morgan fingerprint density at radius 1 is 1.37 bits per heavy atom. The zero-order valence-corrected chi connectivity index (χ0v) is 11.6. The van der Waals surface area contributed by atoms with Gasteiger partial charge in [0.2, 0.25) is 0 Å². The van der Waals surface area contributed by atoms with Crippen molar-refractivity contribution in [3.63, 3.8) is 0 Å². The van der Waals surface area contributed by atoms with Gasteiger partial charge in [0.1, 0.15) is 5.75 Å². The minimum Gasteiger partial charge on any atom is -0.508 e. The number of phenolic OH excluding ortho intramolecular Hbond substituents is 1. The lowest BCUT2D eigenvalue weighted by Gasteiger charge is -2.34. The molecule has 0 radical (unpaired) electrons. The van der Waals surface area contributed by atoms with E-state index in [-0.39, 0.29) is 6.04 Å². The summed E-state index contributed by atoms with van der Waals surface area (Å²) in [5.41, 5.74) is 8.48. The van der Waals surface area contributed by atoms with Gasteiger partial charge in [-0.1, -0.05) is 12.1 Å². The van der Waals surface area contributed by atoms with E-state index in [0.29, 0.717) is 12.3 Å². The van der Waals surface area contributed by atoms with Gasteiger partial charge in [-0.05, 0) is 41.1 Å². The van der Waals surface area contributed by atoms with Crippen molar-refractivity contribution in [2.24, 2.45) is 5.73 Å². The van der Waals surface area contributed by atoms with Crippen molar-refractivity contribution >= 4 is 11.3 Å². The molecule has 1 aromatic heterocycles. The maximum absolute atomic E-state index is 9.62. The molecule has 0 spiro atoms. The van der Waals surface area contributed by atoms with Crippen molar-refractivity contribution in [3.8, 4) is 5.75 Å². The van der Waals surface area contributed by atoms with Crippen LogP contribution in [-0.4, -0.2) is 23.1 Å².